The number of esters is 1. The minimum Gasteiger partial charge on any atom is -0.465 e. The highest BCUT2D eigenvalue weighted by Crippen LogP contribution is 2.37. The van der Waals surface area contributed by atoms with Gasteiger partial charge in [-0.1, -0.05) is 12.1 Å². The molecule has 0 N–H and O–H groups in total. The summed E-state index contributed by atoms with van der Waals surface area (Å²) in [6.45, 7) is 0. The van der Waals surface area contributed by atoms with Gasteiger partial charge >= 0.3 is 18.5 Å². The van der Waals surface area contributed by atoms with Crippen molar-refractivity contribution in [3.63, 3.8) is 0 Å². The van der Waals surface area contributed by atoms with E-state index in [2.05, 4.69) is 14.5 Å². The predicted molar refractivity (Wildman–Crippen MR) is 72.7 cm³/mol. The molecular formula is C15H9F6NO3. The van der Waals surface area contributed by atoms with E-state index in [9.17, 15) is 31.1 Å². The van der Waals surface area contributed by atoms with E-state index in [0.717, 1.165) is 31.5 Å². The van der Waals surface area contributed by atoms with E-state index in [0.29, 0.717) is 6.07 Å². The summed E-state index contributed by atoms with van der Waals surface area (Å²) in [7, 11) is 0.877. The van der Waals surface area contributed by atoms with Gasteiger partial charge in [0.05, 0.1) is 23.9 Å². The van der Waals surface area contributed by atoms with Crippen molar-refractivity contribution in [3.05, 3.63) is 47.7 Å². The molecule has 0 fully saturated rings. The molecule has 0 aliphatic carbocycles. The van der Waals surface area contributed by atoms with Crippen LogP contribution in [0, 0.1) is 0 Å². The number of nitrogens with zero attached hydrogens (tertiary/aromatic N) is 1. The first kappa shape index (κ1) is 18.6. The van der Waals surface area contributed by atoms with Gasteiger partial charge in [0.25, 0.3) is 0 Å². The maximum Gasteiger partial charge on any atom is 0.573 e. The third-order valence-electron chi connectivity index (χ3n) is 2.99. The lowest BCUT2D eigenvalue weighted by Crippen LogP contribution is -2.17. The molecule has 0 saturated heterocycles. The molecule has 2 aromatic rings. The topological polar surface area (TPSA) is 48.4 Å². The molecule has 25 heavy (non-hydrogen) atoms. The van der Waals surface area contributed by atoms with Crippen LogP contribution in [0.25, 0.3) is 11.3 Å². The van der Waals surface area contributed by atoms with E-state index in [-0.39, 0.29) is 5.56 Å². The first-order valence-corrected chi connectivity index (χ1v) is 6.53. The molecule has 1 aromatic carbocycles. The van der Waals surface area contributed by atoms with E-state index in [1.807, 2.05) is 0 Å². The second-order valence-corrected chi connectivity index (χ2v) is 4.65. The first-order valence-electron chi connectivity index (χ1n) is 6.53. The molecule has 134 valence electrons. The van der Waals surface area contributed by atoms with Crippen LogP contribution in [0.3, 0.4) is 0 Å². The van der Waals surface area contributed by atoms with Crippen LogP contribution in [0.2, 0.25) is 0 Å². The first-order chi connectivity index (χ1) is 11.5. The van der Waals surface area contributed by atoms with Gasteiger partial charge in [-0.15, -0.1) is 13.2 Å². The van der Waals surface area contributed by atoms with Crippen molar-refractivity contribution in [1.29, 1.82) is 0 Å². The molecule has 0 saturated carbocycles. The molecular weight excluding hydrogens is 356 g/mol. The number of aromatic nitrogens is 1. The number of alkyl halides is 6. The van der Waals surface area contributed by atoms with Crippen molar-refractivity contribution in [2.75, 3.05) is 7.11 Å². The Bertz CT molecular complexity index is 786. The van der Waals surface area contributed by atoms with Crippen molar-refractivity contribution < 1.29 is 40.6 Å². The minimum absolute atomic E-state index is 0.173. The summed E-state index contributed by atoms with van der Waals surface area (Å²) in [5.41, 5.74) is -2.87. The van der Waals surface area contributed by atoms with Crippen molar-refractivity contribution in [2.24, 2.45) is 0 Å². The van der Waals surface area contributed by atoms with Gasteiger partial charge in [-0.05, 0) is 18.2 Å². The van der Waals surface area contributed by atoms with Crippen LogP contribution < -0.4 is 4.74 Å². The van der Waals surface area contributed by atoms with E-state index in [1.165, 1.54) is 6.07 Å². The Morgan fingerprint density at radius 3 is 2.32 bits per heavy atom. The lowest BCUT2D eigenvalue weighted by molar-refractivity contribution is -0.274. The lowest BCUT2D eigenvalue weighted by Gasteiger charge is -2.15. The van der Waals surface area contributed by atoms with Crippen LogP contribution in [0.1, 0.15) is 15.9 Å². The Labute approximate surface area is 137 Å². The average molecular weight is 365 g/mol. The molecule has 0 aliphatic heterocycles. The number of carbonyl (C=O) groups is 1. The van der Waals surface area contributed by atoms with E-state index in [4.69, 9.17) is 0 Å². The third-order valence-corrected chi connectivity index (χ3v) is 2.99. The number of ether oxygens (including phenoxy) is 2. The van der Waals surface area contributed by atoms with Crippen LogP contribution in [-0.4, -0.2) is 24.4 Å². The molecule has 0 atom stereocenters. The van der Waals surface area contributed by atoms with Gasteiger partial charge in [0.15, 0.2) is 0 Å². The number of hydrogen-bond donors (Lipinski definition) is 0. The van der Waals surface area contributed by atoms with Gasteiger partial charge < -0.3 is 9.47 Å². The molecule has 0 amide bonds. The molecule has 0 unspecified atom stereocenters. The van der Waals surface area contributed by atoms with E-state index >= 15 is 0 Å². The highest BCUT2D eigenvalue weighted by atomic mass is 19.4. The summed E-state index contributed by atoms with van der Waals surface area (Å²) >= 11 is 0. The molecule has 1 aromatic heterocycles. The van der Waals surface area contributed by atoms with E-state index < -0.39 is 41.1 Å². The normalized spacial score (nSPS) is 12.0. The summed E-state index contributed by atoms with van der Waals surface area (Å²) in [6, 6.07) is 4.67. The number of carbonyl (C=O) groups excluding carboxylic acids is 1. The Kier molecular flexibility index (Phi) is 4.91. The third kappa shape index (κ3) is 4.40. The number of halogens is 6. The molecule has 2 rings (SSSR count). The van der Waals surface area contributed by atoms with Crippen molar-refractivity contribution >= 4 is 5.97 Å². The van der Waals surface area contributed by atoms with Crippen molar-refractivity contribution in [2.45, 2.75) is 12.5 Å². The fourth-order valence-electron chi connectivity index (χ4n) is 2.07. The number of rotatable bonds is 3. The molecule has 0 spiro atoms. The SMILES string of the molecule is COC(=O)c1c(C(F)(F)F)ccnc1-c1cccc(OC(F)(F)F)c1. The van der Waals surface area contributed by atoms with Crippen LogP contribution in [0.5, 0.6) is 5.75 Å². The van der Waals surface area contributed by atoms with Crippen LogP contribution in [0.15, 0.2) is 36.5 Å². The highest BCUT2D eigenvalue weighted by molar-refractivity contribution is 5.98. The maximum absolute atomic E-state index is 13.1. The second kappa shape index (κ2) is 6.61. The zero-order chi connectivity index (χ0) is 18.8. The van der Waals surface area contributed by atoms with Crippen LogP contribution in [0.4, 0.5) is 26.3 Å². The Hall–Kier alpha value is -2.78. The van der Waals surface area contributed by atoms with Crippen LogP contribution >= 0.6 is 0 Å². The Morgan fingerprint density at radius 1 is 1.08 bits per heavy atom. The molecule has 4 nitrogen and oxygen atoms in total. The molecule has 1 heterocycles. The predicted octanol–water partition coefficient (Wildman–Crippen LogP) is 4.45. The zero-order valence-corrected chi connectivity index (χ0v) is 12.4. The Balaban J connectivity index is 2.63. The highest BCUT2D eigenvalue weighted by Gasteiger charge is 2.38. The van der Waals surface area contributed by atoms with Gasteiger partial charge in [-0.2, -0.15) is 13.2 Å². The smallest absolute Gasteiger partial charge is 0.465 e. The number of hydrogen-bond acceptors (Lipinski definition) is 4. The van der Waals surface area contributed by atoms with Gasteiger partial charge in [-0.25, -0.2) is 4.79 Å². The molecule has 0 aliphatic rings. The van der Waals surface area contributed by atoms with Crippen molar-refractivity contribution in [3.8, 4) is 17.0 Å². The maximum atomic E-state index is 13.1. The van der Waals surface area contributed by atoms with Gasteiger partial charge in [0.1, 0.15) is 5.75 Å². The monoisotopic (exact) mass is 365 g/mol. The fourth-order valence-corrected chi connectivity index (χ4v) is 2.07. The van der Waals surface area contributed by atoms with Crippen molar-refractivity contribution in [1.82, 2.24) is 4.98 Å². The minimum atomic E-state index is -4.98. The quantitative estimate of drug-likeness (QED) is 0.596. The Morgan fingerprint density at radius 2 is 1.76 bits per heavy atom. The number of methoxy groups -OCH3 is 1. The van der Waals surface area contributed by atoms with Gasteiger partial charge in [0.2, 0.25) is 0 Å². The number of benzene rings is 1. The standard InChI is InChI=1S/C15H9F6NO3/c1-24-13(23)11-10(14(16,17)18)5-6-22-12(11)8-3-2-4-9(7-8)25-15(19,20)21/h2-7H,1H3. The van der Waals surface area contributed by atoms with Gasteiger partial charge in [-0.3, -0.25) is 4.98 Å². The zero-order valence-electron chi connectivity index (χ0n) is 12.4. The summed E-state index contributed by atoms with van der Waals surface area (Å²) in [5.74, 6) is -1.99. The molecule has 10 heteroatoms. The molecule has 0 bridgehead atoms. The summed E-state index contributed by atoms with van der Waals surface area (Å²) < 4.78 is 84.4. The van der Waals surface area contributed by atoms with E-state index in [1.54, 1.807) is 0 Å². The second-order valence-electron chi connectivity index (χ2n) is 4.65. The number of pyridine rings is 1. The van der Waals surface area contributed by atoms with Crippen LogP contribution in [-0.2, 0) is 10.9 Å². The van der Waals surface area contributed by atoms with Gasteiger partial charge in [0, 0.05) is 11.8 Å². The largest absolute Gasteiger partial charge is 0.573 e. The average Bonchev–Trinajstić information content (AvgIpc) is 2.51. The summed E-state index contributed by atoms with van der Waals surface area (Å²) in [6.07, 6.45) is -9.08. The summed E-state index contributed by atoms with van der Waals surface area (Å²) in [4.78, 5) is 15.5. The fraction of sp³-hybridized carbons (Fsp3) is 0.200. The molecule has 0 radical (unpaired) electrons. The summed E-state index contributed by atoms with van der Waals surface area (Å²) in [5, 5.41) is 0. The lowest BCUT2D eigenvalue weighted by atomic mass is 10.0.